The SMILES string of the molecule is Cn1cc(CNCC2(O)CCS(=O)(=O)CC2)c(C2CCCCC2)n1. The minimum Gasteiger partial charge on any atom is -0.388 e. The highest BCUT2D eigenvalue weighted by Crippen LogP contribution is 2.33. The van der Waals surface area contributed by atoms with E-state index in [9.17, 15) is 13.5 Å². The van der Waals surface area contributed by atoms with Gasteiger partial charge in [0.05, 0.1) is 22.8 Å². The second-order valence-electron chi connectivity index (χ2n) is 7.53. The lowest BCUT2D eigenvalue weighted by molar-refractivity contribution is 0.0303. The molecule has 1 aromatic heterocycles. The van der Waals surface area contributed by atoms with Crippen molar-refractivity contribution in [2.24, 2.45) is 7.05 Å². The van der Waals surface area contributed by atoms with Crippen LogP contribution in [0.2, 0.25) is 0 Å². The molecule has 7 heteroatoms. The maximum Gasteiger partial charge on any atom is 0.150 e. The Labute approximate surface area is 144 Å². The van der Waals surface area contributed by atoms with E-state index in [0.717, 1.165) is 0 Å². The lowest BCUT2D eigenvalue weighted by atomic mass is 9.85. The van der Waals surface area contributed by atoms with Crippen molar-refractivity contribution in [3.63, 3.8) is 0 Å². The molecule has 0 spiro atoms. The molecule has 1 saturated heterocycles. The van der Waals surface area contributed by atoms with Crippen molar-refractivity contribution in [3.05, 3.63) is 17.5 Å². The zero-order chi connectivity index (χ0) is 17.2. The van der Waals surface area contributed by atoms with Crippen molar-refractivity contribution in [1.82, 2.24) is 15.1 Å². The molecule has 1 saturated carbocycles. The first-order valence-electron chi connectivity index (χ1n) is 9.03. The van der Waals surface area contributed by atoms with Crippen LogP contribution in [0, 0.1) is 0 Å². The monoisotopic (exact) mass is 355 g/mol. The Morgan fingerprint density at radius 3 is 2.62 bits per heavy atom. The first-order valence-corrected chi connectivity index (χ1v) is 10.8. The van der Waals surface area contributed by atoms with Crippen LogP contribution in [0.1, 0.15) is 62.1 Å². The quantitative estimate of drug-likeness (QED) is 0.836. The van der Waals surface area contributed by atoms with Crippen LogP contribution in [0.3, 0.4) is 0 Å². The predicted octanol–water partition coefficient (Wildman–Crippen LogP) is 1.50. The van der Waals surface area contributed by atoms with Gasteiger partial charge >= 0.3 is 0 Å². The fourth-order valence-corrected chi connectivity index (χ4v) is 5.52. The Balaban J connectivity index is 1.57. The number of aromatic nitrogens is 2. The molecule has 2 aliphatic rings. The Bertz CT molecular complexity index is 649. The highest BCUT2D eigenvalue weighted by atomic mass is 32.2. The fourth-order valence-electron chi connectivity index (χ4n) is 3.94. The summed E-state index contributed by atoms with van der Waals surface area (Å²) in [5.41, 5.74) is 1.50. The van der Waals surface area contributed by atoms with Gasteiger partial charge in [0.1, 0.15) is 0 Å². The van der Waals surface area contributed by atoms with Gasteiger partial charge in [-0.25, -0.2) is 8.42 Å². The van der Waals surface area contributed by atoms with Crippen molar-refractivity contribution in [2.75, 3.05) is 18.1 Å². The molecule has 0 atom stereocenters. The number of hydrogen-bond acceptors (Lipinski definition) is 5. The average Bonchev–Trinajstić information content (AvgIpc) is 2.93. The van der Waals surface area contributed by atoms with Gasteiger partial charge in [0, 0.05) is 37.8 Å². The molecule has 0 bridgehead atoms. The zero-order valence-electron chi connectivity index (χ0n) is 14.5. The highest BCUT2D eigenvalue weighted by molar-refractivity contribution is 7.91. The molecule has 6 nitrogen and oxygen atoms in total. The third kappa shape index (κ3) is 4.37. The van der Waals surface area contributed by atoms with Gasteiger partial charge in [-0.1, -0.05) is 19.3 Å². The van der Waals surface area contributed by atoms with Crippen LogP contribution in [0.15, 0.2) is 6.20 Å². The summed E-state index contributed by atoms with van der Waals surface area (Å²) in [4.78, 5) is 0. The summed E-state index contributed by atoms with van der Waals surface area (Å²) in [5, 5.41) is 18.6. The summed E-state index contributed by atoms with van der Waals surface area (Å²) in [6.07, 6.45) is 9.02. The third-order valence-electron chi connectivity index (χ3n) is 5.46. The second-order valence-corrected chi connectivity index (χ2v) is 9.83. The van der Waals surface area contributed by atoms with Gasteiger partial charge in [-0.15, -0.1) is 0 Å². The number of rotatable bonds is 5. The van der Waals surface area contributed by atoms with Crippen LogP contribution in [0.5, 0.6) is 0 Å². The maximum absolute atomic E-state index is 11.5. The van der Waals surface area contributed by atoms with Gasteiger partial charge in [0.15, 0.2) is 9.84 Å². The maximum atomic E-state index is 11.5. The Morgan fingerprint density at radius 2 is 1.96 bits per heavy atom. The van der Waals surface area contributed by atoms with Gasteiger partial charge in [0.2, 0.25) is 0 Å². The lowest BCUT2D eigenvalue weighted by Gasteiger charge is -2.32. The van der Waals surface area contributed by atoms with Crippen LogP contribution in [-0.4, -0.2) is 47.0 Å². The van der Waals surface area contributed by atoms with E-state index in [0.29, 0.717) is 31.8 Å². The van der Waals surface area contributed by atoms with E-state index in [2.05, 4.69) is 16.6 Å². The number of hydrogen-bond donors (Lipinski definition) is 2. The van der Waals surface area contributed by atoms with E-state index in [4.69, 9.17) is 0 Å². The van der Waals surface area contributed by atoms with Gasteiger partial charge < -0.3 is 10.4 Å². The van der Waals surface area contributed by atoms with Crippen LogP contribution in [-0.2, 0) is 23.4 Å². The summed E-state index contributed by atoms with van der Waals surface area (Å²) < 4.78 is 24.9. The molecule has 0 unspecified atom stereocenters. The highest BCUT2D eigenvalue weighted by Gasteiger charge is 2.35. The van der Waals surface area contributed by atoms with Crippen LogP contribution in [0.25, 0.3) is 0 Å². The van der Waals surface area contributed by atoms with Crippen molar-refractivity contribution >= 4 is 9.84 Å². The predicted molar refractivity (Wildman–Crippen MR) is 93.6 cm³/mol. The third-order valence-corrected chi connectivity index (χ3v) is 7.11. The van der Waals surface area contributed by atoms with Crippen LogP contribution in [0.4, 0.5) is 0 Å². The van der Waals surface area contributed by atoms with Crippen LogP contribution >= 0.6 is 0 Å². The normalized spacial score (nSPS) is 24.1. The molecule has 2 N–H and O–H groups in total. The molecule has 2 fully saturated rings. The van der Waals surface area contributed by atoms with Crippen molar-refractivity contribution in [1.29, 1.82) is 0 Å². The Morgan fingerprint density at radius 1 is 1.29 bits per heavy atom. The first-order chi connectivity index (χ1) is 11.4. The largest absolute Gasteiger partial charge is 0.388 e. The molecule has 0 radical (unpaired) electrons. The summed E-state index contributed by atoms with van der Waals surface area (Å²) in [6.45, 7) is 1.11. The molecular weight excluding hydrogens is 326 g/mol. The summed E-state index contributed by atoms with van der Waals surface area (Å²) in [5.74, 6) is 0.733. The standard InChI is InChI=1S/C17H29N3O3S/c1-20-12-15(16(19-20)14-5-3-2-4-6-14)11-18-13-17(21)7-9-24(22,23)10-8-17/h12,14,18,21H,2-11,13H2,1H3. The molecule has 136 valence electrons. The molecule has 3 rings (SSSR count). The molecular formula is C17H29N3O3S. The number of aryl methyl sites for hydroxylation is 1. The van der Waals surface area contributed by atoms with Gasteiger partial charge in [0.25, 0.3) is 0 Å². The minimum atomic E-state index is -2.95. The summed E-state index contributed by atoms with van der Waals surface area (Å²) in [6, 6.07) is 0. The van der Waals surface area contributed by atoms with Crippen LogP contribution < -0.4 is 5.32 Å². The Kier molecular flexibility index (Phi) is 5.32. The first kappa shape index (κ1) is 17.9. The van der Waals surface area contributed by atoms with Gasteiger partial charge in [-0.2, -0.15) is 5.10 Å². The molecule has 2 heterocycles. The van der Waals surface area contributed by atoms with Crippen molar-refractivity contribution < 1.29 is 13.5 Å². The lowest BCUT2D eigenvalue weighted by Crippen LogP contribution is -2.46. The number of sulfone groups is 1. The fraction of sp³-hybridized carbons (Fsp3) is 0.824. The van der Waals surface area contributed by atoms with Gasteiger partial charge in [-0.05, 0) is 25.7 Å². The summed E-state index contributed by atoms with van der Waals surface area (Å²) in [7, 11) is -0.996. The van der Waals surface area contributed by atoms with E-state index < -0.39 is 15.4 Å². The molecule has 1 aliphatic carbocycles. The topological polar surface area (TPSA) is 84.2 Å². The van der Waals surface area contributed by atoms with E-state index in [1.807, 2.05) is 11.7 Å². The van der Waals surface area contributed by atoms with E-state index in [1.54, 1.807) is 0 Å². The minimum absolute atomic E-state index is 0.0887. The molecule has 0 amide bonds. The molecule has 1 aromatic rings. The molecule has 0 aromatic carbocycles. The number of aliphatic hydroxyl groups is 1. The van der Waals surface area contributed by atoms with Crippen molar-refractivity contribution in [3.8, 4) is 0 Å². The van der Waals surface area contributed by atoms with Crippen molar-refractivity contribution in [2.45, 2.75) is 63.0 Å². The van der Waals surface area contributed by atoms with E-state index in [1.165, 1.54) is 43.4 Å². The average molecular weight is 356 g/mol. The number of nitrogens with zero attached hydrogens (tertiary/aromatic N) is 2. The number of nitrogens with one attached hydrogen (secondary N) is 1. The molecule has 1 aliphatic heterocycles. The summed E-state index contributed by atoms with van der Waals surface area (Å²) >= 11 is 0. The van der Waals surface area contributed by atoms with Gasteiger partial charge in [-0.3, -0.25) is 4.68 Å². The smallest absolute Gasteiger partial charge is 0.150 e. The van der Waals surface area contributed by atoms with E-state index >= 15 is 0 Å². The molecule has 24 heavy (non-hydrogen) atoms. The zero-order valence-corrected chi connectivity index (χ0v) is 15.3. The second kappa shape index (κ2) is 7.14. The van der Waals surface area contributed by atoms with E-state index in [-0.39, 0.29) is 11.5 Å². The Hall–Kier alpha value is -0.920.